The summed E-state index contributed by atoms with van der Waals surface area (Å²) in [5.41, 5.74) is 0.432. The molecule has 0 bridgehead atoms. The number of aromatic nitrogens is 3. The molecule has 2 aromatic rings. The van der Waals surface area contributed by atoms with Gasteiger partial charge < -0.3 is 9.64 Å². The Morgan fingerprint density at radius 2 is 2.21 bits per heavy atom. The number of nitrogens with one attached hydrogen (secondary N) is 1. The van der Waals surface area contributed by atoms with Crippen LogP contribution in [0.25, 0.3) is 0 Å². The summed E-state index contributed by atoms with van der Waals surface area (Å²) in [6.45, 7) is 4.95. The van der Waals surface area contributed by atoms with Gasteiger partial charge in [-0.05, 0) is 18.9 Å². The number of aromatic amines is 1. The first kappa shape index (κ1) is 15.7. The van der Waals surface area contributed by atoms with Crippen molar-refractivity contribution < 1.29 is 9.53 Å². The van der Waals surface area contributed by atoms with E-state index in [1.807, 2.05) is 16.5 Å². The molecule has 2 aromatic heterocycles. The number of rotatable bonds is 3. The summed E-state index contributed by atoms with van der Waals surface area (Å²) in [6.07, 6.45) is 5.22. The van der Waals surface area contributed by atoms with Gasteiger partial charge in [0.25, 0.3) is 5.91 Å². The molecule has 2 fully saturated rings. The fraction of sp³-hybridized carbons (Fsp3) is 0.562. The second-order valence-corrected chi connectivity index (χ2v) is 7.41. The summed E-state index contributed by atoms with van der Waals surface area (Å²) in [4.78, 5) is 21.1. The second kappa shape index (κ2) is 6.62. The van der Waals surface area contributed by atoms with Gasteiger partial charge in [-0.3, -0.25) is 14.8 Å². The van der Waals surface area contributed by atoms with Gasteiger partial charge in [-0.1, -0.05) is 0 Å². The highest BCUT2D eigenvalue weighted by Gasteiger charge is 2.40. The molecule has 0 saturated carbocycles. The maximum atomic E-state index is 12.4. The second-order valence-electron chi connectivity index (χ2n) is 6.43. The summed E-state index contributed by atoms with van der Waals surface area (Å²) in [7, 11) is 0. The molecule has 0 aliphatic carbocycles. The van der Waals surface area contributed by atoms with E-state index in [0.717, 1.165) is 57.2 Å². The predicted molar refractivity (Wildman–Crippen MR) is 89.8 cm³/mol. The summed E-state index contributed by atoms with van der Waals surface area (Å²) in [5, 5.41) is 9.78. The highest BCUT2D eigenvalue weighted by Crippen LogP contribution is 2.31. The monoisotopic (exact) mass is 347 g/mol. The molecule has 0 aromatic carbocycles. The SMILES string of the molecule is O=C(c1ccn[nH]1)N1CCC2(CC1)CN(Cc1nccs1)CCO2. The molecule has 1 amide bonds. The minimum Gasteiger partial charge on any atom is -0.372 e. The normalized spacial score (nSPS) is 21.2. The van der Waals surface area contributed by atoms with Crippen LogP contribution in [0.5, 0.6) is 0 Å². The van der Waals surface area contributed by atoms with E-state index in [1.54, 1.807) is 23.6 Å². The number of thiazole rings is 1. The Balaban J connectivity index is 1.36. The summed E-state index contributed by atoms with van der Waals surface area (Å²) in [5.74, 6) is 0.0257. The first-order valence-electron chi connectivity index (χ1n) is 8.27. The molecule has 7 nitrogen and oxygen atoms in total. The first-order valence-corrected chi connectivity index (χ1v) is 9.15. The molecular weight excluding hydrogens is 326 g/mol. The standard InChI is InChI=1S/C16H21N5O2S/c22-15(13-1-4-18-19-13)21-6-2-16(3-7-21)12-20(8-9-23-16)11-14-17-5-10-24-14/h1,4-5,10H,2-3,6-9,11-12H2,(H,18,19). The molecule has 24 heavy (non-hydrogen) atoms. The Kier molecular flexibility index (Phi) is 4.34. The van der Waals surface area contributed by atoms with E-state index in [9.17, 15) is 4.79 Å². The van der Waals surface area contributed by atoms with Crippen molar-refractivity contribution in [3.8, 4) is 0 Å². The number of amides is 1. The zero-order chi connectivity index (χ0) is 16.4. The van der Waals surface area contributed by atoms with Crippen molar-refractivity contribution in [3.05, 3.63) is 34.5 Å². The Labute approximate surface area is 144 Å². The molecule has 8 heteroatoms. The van der Waals surface area contributed by atoms with Crippen LogP contribution in [0, 0.1) is 0 Å². The van der Waals surface area contributed by atoms with Crippen molar-refractivity contribution in [1.82, 2.24) is 25.0 Å². The Morgan fingerprint density at radius 3 is 2.92 bits per heavy atom. The van der Waals surface area contributed by atoms with Crippen molar-refractivity contribution in [2.24, 2.45) is 0 Å². The third-order valence-electron chi connectivity index (χ3n) is 4.86. The molecule has 4 heterocycles. The average Bonchev–Trinajstić information content (AvgIpc) is 3.29. The van der Waals surface area contributed by atoms with E-state index in [1.165, 1.54) is 0 Å². The van der Waals surface area contributed by atoms with Crippen LogP contribution in [0.2, 0.25) is 0 Å². The van der Waals surface area contributed by atoms with Gasteiger partial charge in [-0.25, -0.2) is 4.98 Å². The fourth-order valence-electron chi connectivity index (χ4n) is 3.55. The molecule has 4 rings (SSSR count). The number of morpholine rings is 1. The Morgan fingerprint density at radius 1 is 1.33 bits per heavy atom. The third kappa shape index (κ3) is 3.22. The summed E-state index contributed by atoms with van der Waals surface area (Å²) < 4.78 is 6.16. The number of ether oxygens (including phenoxy) is 1. The maximum absolute atomic E-state index is 12.4. The van der Waals surface area contributed by atoms with Crippen molar-refractivity contribution in [2.45, 2.75) is 25.0 Å². The van der Waals surface area contributed by atoms with Crippen LogP contribution in [0.15, 0.2) is 23.8 Å². The van der Waals surface area contributed by atoms with Crippen LogP contribution in [0.1, 0.15) is 28.3 Å². The van der Waals surface area contributed by atoms with Crippen molar-refractivity contribution in [1.29, 1.82) is 0 Å². The number of hydrogen-bond acceptors (Lipinski definition) is 6. The molecule has 1 spiro atoms. The number of carbonyl (C=O) groups is 1. The van der Waals surface area contributed by atoms with Crippen LogP contribution in [0.4, 0.5) is 0 Å². The van der Waals surface area contributed by atoms with Crippen LogP contribution < -0.4 is 0 Å². The molecule has 2 aliphatic rings. The molecule has 0 radical (unpaired) electrons. The number of hydrogen-bond donors (Lipinski definition) is 1. The van der Waals surface area contributed by atoms with Gasteiger partial charge in [0.05, 0.1) is 18.8 Å². The minimum atomic E-state index is -0.125. The predicted octanol–water partition coefficient (Wildman–Crippen LogP) is 1.37. The molecule has 0 unspecified atom stereocenters. The van der Waals surface area contributed by atoms with E-state index in [-0.39, 0.29) is 11.5 Å². The van der Waals surface area contributed by atoms with E-state index in [2.05, 4.69) is 20.1 Å². The van der Waals surface area contributed by atoms with Crippen LogP contribution in [0.3, 0.4) is 0 Å². The third-order valence-corrected chi connectivity index (χ3v) is 5.63. The highest BCUT2D eigenvalue weighted by molar-refractivity contribution is 7.09. The number of piperidine rings is 1. The van der Waals surface area contributed by atoms with Crippen molar-refractivity contribution in [2.75, 3.05) is 32.8 Å². The molecule has 0 atom stereocenters. The lowest BCUT2D eigenvalue weighted by Gasteiger charge is -2.47. The van der Waals surface area contributed by atoms with Crippen LogP contribution in [-0.2, 0) is 11.3 Å². The lowest BCUT2D eigenvalue weighted by molar-refractivity contribution is -0.134. The van der Waals surface area contributed by atoms with Gasteiger partial charge >= 0.3 is 0 Å². The maximum Gasteiger partial charge on any atom is 0.271 e. The molecule has 2 aliphatic heterocycles. The number of nitrogens with zero attached hydrogens (tertiary/aromatic N) is 4. The number of carbonyl (C=O) groups excluding carboxylic acids is 1. The van der Waals surface area contributed by atoms with Gasteiger partial charge in [-0.2, -0.15) is 5.10 Å². The topological polar surface area (TPSA) is 74.4 Å². The van der Waals surface area contributed by atoms with Gasteiger partial charge in [0.15, 0.2) is 0 Å². The smallest absolute Gasteiger partial charge is 0.271 e. The number of likely N-dealkylation sites (tertiary alicyclic amines) is 1. The fourth-order valence-corrected chi connectivity index (χ4v) is 4.20. The zero-order valence-electron chi connectivity index (χ0n) is 13.5. The van der Waals surface area contributed by atoms with Gasteiger partial charge in [0.1, 0.15) is 10.7 Å². The van der Waals surface area contributed by atoms with Crippen LogP contribution >= 0.6 is 11.3 Å². The zero-order valence-corrected chi connectivity index (χ0v) is 14.3. The molecule has 128 valence electrons. The van der Waals surface area contributed by atoms with E-state index in [4.69, 9.17) is 4.74 Å². The average molecular weight is 347 g/mol. The molecule has 1 N–H and O–H groups in total. The summed E-state index contributed by atoms with van der Waals surface area (Å²) >= 11 is 1.70. The first-order chi connectivity index (χ1) is 11.7. The lowest BCUT2D eigenvalue weighted by Crippen LogP contribution is -2.57. The number of H-pyrrole nitrogens is 1. The van der Waals surface area contributed by atoms with Crippen molar-refractivity contribution in [3.63, 3.8) is 0 Å². The largest absolute Gasteiger partial charge is 0.372 e. The van der Waals surface area contributed by atoms with Crippen molar-refractivity contribution >= 4 is 17.2 Å². The van der Waals surface area contributed by atoms with Gasteiger partial charge in [0.2, 0.25) is 0 Å². The molecule has 2 saturated heterocycles. The van der Waals surface area contributed by atoms with E-state index >= 15 is 0 Å². The van der Waals surface area contributed by atoms with E-state index in [0.29, 0.717) is 5.69 Å². The Hall–Kier alpha value is -1.77. The molecular formula is C16H21N5O2S. The van der Waals surface area contributed by atoms with Gasteiger partial charge in [-0.15, -0.1) is 11.3 Å². The van der Waals surface area contributed by atoms with Gasteiger partial charge in [0, 0.05) is 44.0 Å². The quantitative estimate of drug-likeness (QED) is 0.908. The lowest BCUT2D eigenvalue weighted by atomic mass is 9.89. The minimum absolute atomic E-state index is 0.0257. The Bertz CT molecular complexity index is 665. The highest BCUT2D eigenvalue weighted by atomic mass is 32.1. The summed E-state index contributed by atoms with van der Waals surface area (Å²) in [6, 6.07) is 1.72. The van der Waals surface area contributed by atoms with E-state index < -0.39 is 0 Å². The van der Waals surface area contributed by atoms with Crippen LogP contribution in [-0.4, -0.2) is 69.3 Å².